The molecule has 1 aliphatic rings. The van der Waals surface area contributed by atoms with Crippen LogP contribution in [0.2, 0.25) is 0 Å². The van der Waals surface area contributed by atoms with E-state index in [2.05, 4.69) is 56.9 Å². The van der Waals surface area contributed by atoms with E-state index in [-0.39, 0.29) is 0 Å². The summed E-state index contributed by atoms with van der Waals surface area (Å²) in [6.07, 6.45) is 2.73. The second kappa shape index (κ2) is 7.61. The summed E-state index contributed by atoms with van der Waals surface area (Å²) < 4.78 is 0. The molecule has 0 unspecified atom stereocenters. The maximum atomic E-state index is 3.58. The number of rotatable bonds is 7. The van der Waals surface area contributed by atoms with Gasteiger partial charge in [0.15, 0.2) is 0 Å². The fraction of sp³-hybridized carbons (Fsp3) is 1.00. The van der Waals surface area contributed by atoms with Crippen LogP contribution in [0, 0.1) is 11.3 Å². The fourth-order valence-corrected chi connectivity index (χ4v) is 2.99. The lowest BCUT2D eigenvalue weighted by molar-refractivity contribution is 0.116. The van der Waals surface area contributed by atoms with Crippen molar-refractivity contribution in [3.05, 3.63) is 0 Å². The quantitative estimate of drug-likeness (QED) is 0.765. The van der Waals surface area contributed by atoms with E-state index in [0.717, 1.165) is 12.5 Å². The highest BCUT2D eigenvalue weighted by molar-refractivity contribution is 4.81. The first-order valence-electron chi connectivity index (χ1n) is 7.89. The van der Waals surface area contributed by atoms with Gasteiger partial charge < -0.3 is 15.1 Å². The Morgan fingerprint density at radius 3 is 2.26 bits per heavy atom. The van der Waals surface area contributed by atoms with Crippen LogP contribution in [0.4, 0.5) is 0 Å². The smallest absolute Gasteiger partial charge is 0.00448 e. The highest BCUT2D eigenvalue weighted by atomic mass is 15.1. The van der Waals surface area contributed by atoms with Gasteiger partial charge in [-0.1, -0.05) is 27.7 Å². The third-order valence-corrected chi connectivity index (χ3v) is 3.97. The number of hydrogen-bond donors (Lipinski definition) is 1. The molecule has 1 aliphatic heterocycles. The highest BCUT2D eigenvalue weighted by Gasteiger charge is 2.25. The third kappa shape index (κ3) is 7.28. The Labute approximate surface area is 120 Å². The van der Waals surface area contributed by atoms with Gasteiger partial charge in [-0.05, 0) is 51.4 Å². The minimum Gasteiger partial charge on any atom is -0.314 e. The topological polar surface area (TPSA) is 18.5 Å². The number of hydrogen-bond acceptors (Lipinski definition) is 3. The summed E-state index contributed by atoms with van der Waals surface area (Å²) in [6.45, 7) is 15.4. The SMILES string of the molecule is CC(C)NCC(C)(C)CN1CCC(CN(C)C)CC1. The third-order valence-electron chi connectivity index (χ3n) is 3.97. The predicted octanol–water partition coefficient (Wildman–Crippen LogP) is 2.28. The van der Waals surface area contributed by atoms with E-state index in [0.29, 0.717) is 11.5 Å². The summed E-state index contributed by atoms with van der Waals surface area (Å²) >= 11 is 0. The molecule has 0 aromatic rings. The maximum absolute atomic E-state index is 3.58. The molecular weight excluding hydrogens is 234 g/mol. The first-order valence-corrected chi connectivity index (χ1v) is 7.89. The molecule has 114 valence electrons. The molecule has 0 amide bonds. The Bertz CT molecular complexity index is 240. The van der Waals surface area contributed by atoms with E-state index in [4.69, 9.17) is 0 Å². The van der Waals surface area contributed by atoms with E-state index in [1.54, 1.807) is 0 Å². The van der Waals surface area contributed by atoms with Gasteiger partial charge >= 0.3 is 0 Å². The van der Waals surface area contributed by atoms with Crippen LogP contribution in [0.3, 0.4) is 0 Å². The molecule has 0 radical (unpaired) electrons. The van der Waals surface area contributed by atoms with Crippen LogP contribution >= 0.6 is 0 Å². The Morgan fingerprint density at radius 2 is 1.79 bits per heavy atom. The van der Waals surface area contributed by atoms with Gasteiger partial charge in [-0.3, -0.25) is 0 Å². The zero-order valence-corrected chi connectivity index (χ0v) is 14.0. The molecule has 1 rings (SSSR count). The molecule has 1 fully saturated rings. The second-order valence-electron chi connectivity index (χ2n) is 7.68. The Balaban J connectivity index is 2.27. The maximum Gasteiger partial charge on any atom is 0.00448 e. The van der Waals surface area contributed by atoms with Crippen LogP contribution in [-0.4, -0.2) is 62.7 Å². The number of piperidine rings is 1. The van der Waals surface area contributed by atoms with Gasteiger partial charge in [0.25, 0.3) is 0 Å². The van der Waals surface area contributed by atoms with Crippen LogP contribution in [0.1, 0.15) is 40.5 Å². The lowest BCUT2D eigenvalue weighted by Crippen LogP contribution is -2.45. The van der Waals surface area contributed by atoms with Crippen molar-refractivity contribution in [3.63, 3.8) is 0 Å². The van der Waals surface area contributed by atoms with Crippen molar-refractivity contribution in [1.29, 1.82) is 0 Å². The first kappa shape index (κ1) is 16.9. The van der Waals surface area contributed by atoms with Crippen molar-refractivity contribution in [2.45, 2.75) is 46.6 Å². The zero-order chi connectivity index (χ0) is 14.5. The molecule has 1 heterocycles. The molecule has 0 spiro atoms. The van der Waals surface area contributed by atoms with Crippen LogP contribution < -0.4 is 5.32 Å². The lowest BCUT2D eigenvalue weighted by atomic mass is 9.89. The van der Waals surface area contributed by atoms with Crippen molar-refractivity contribution >= 4 is 0 Å². The minimum absolute atomic E-state index is 0.374. The Kier molecular flexibility index (Phi) is 6.78. The monoisotopic (exact) mass is 269 g/mol. The van der Waals surface area contributed by atoms with Gasteiger partial charge in [0, 0.05) is 25.7 Å². The molecule has 0 aliphatic carbocycles. The van der Waals surface area contributed by atoms with E-state index >= 15 is 0 Å². The summed E-state index contributed by atoms with van der Waals surface area (Å²) in [7, 11) is 4.38. The molecule has 0 saturated carbocycles. The van der Waals surface area contributed by atoms with Gasteiger partial charge in [-0.2, -0.15) is 0 Å². The van der Waals surface area contributed by atoms with Gasteiger partial charge in [0.05, 0.1) is 0 Å². The van der Waals surface area contributed by atoms with Crippen LogP contribution in [-0.2, 0) is 0 Å². The number of nitrogens with one attached hydrogen (secondary N) is 1. The largest absolute Gasteiger partial charge is 0.314 e. The van der Waals surface area contributed by atoms with Crippen molar-refractivity contribution < 1.29 is 0 Å². The van der Waals surface area contributed by atoms with Gasteiger partial charge in [-0.15, -0.1) is 0 Å². The zero-order valence-electron chi connectivity index (χ0n) is 14.0. The Hall–Kier alpha value is -0.120. The predicted molar refractivity (Wildman–Crippen MR) is 84.6 cm³/mol. The summed E-state index contributed by atoms with van der Waals surface area (Å²) in [5.41, 5.74) is 0.374. The fourth-order valence-electron chi connectivity index (χ4n) is 2.99. The first-order chi connectivity index (χ1) is 8.78. The van der Waals surface area contributed by atoms with Crippen LogP contribution in [0.25, 0.3) is 0 Å². The molecule has 0 aromatic carbocycles. The molecule has 19 heavy (non-hydrogen) atoms. The molecule has 0 aromatic heterocycles. The average Bonchev–Trinajstić information content (AvgIpc) is 2.28. The summed E-state index contributed by atoms with van der Waals surface area (Å²) in [4.78, 5) is 4.99. The van der Waals surface area contributed by atoms with E-state index in [1.165, 1.54) is 39.0 Å². The van der Waals surface area contributed by atoms with Crippen LogP contribution in [0.5, 0.6) is 0 Å². The van der Waals surface area contributed by atoms with Gasteiger partial charge in [0.1, 0.15) is 0 Å². The normalized spacial score (nSPS) is 19.6. The number of likely N-dealkylation sites (tertiary alicyclic amines) is 1. The standard InChI is InChI=1S/C16H35N3/c1-14(2)17-12-16(3,4)13-19-9-7-15(8-10-19)11-18(5)6/h14-15,17H,7-13H2,1-6H3. The van der Waals surface area contributed by atoms with E-state index < -0.39 is 0 Å². The Morgan fingerprint density at radius 1 is 1.21 bits per heavy atom. The van der Waals surface area contributed by atoms with Crippen molar-refractivity contribution in [2.75, 3.05) is 46.8 Å². The van der Waals surface area contributed by atoms with Crippen molar-refractivity contribution in [3.8, 4) is 0 Å². The molecule has 0 atom stereocenters. The van der Waals surface area contributed by atoms with Crippen molar-refractivity contribution in [1.82, 2.24) is 15.1 Å². The number of nitrogens with zero attached hydrogens (tertiary/aromatic N) is 2. The average molecular weight is 269 g/mol. The molecule has 3 heteroatoms. The van der Waals surface area contributed by atoms with E-state index in [9.17, 15) is 0 Å². The molecular formula is C16H35N3. The summed E-state index contributed by atoms with van der Waals surface area (Å²) in [5, 5.41) is 3.58. The van der Waals surface area contributed by atoms with Gasteiger partial charge in [0.2, 0.25) is 0 Å². The van der Waals surface area contributed by atoms with E-state index in [1.807, 2.05) is 0 Å². The molecule has 0 bridgehead atoms. The van der Waals surface area contributed by atoms with Crippen molar-refractivity contribution in [2.24, 2.45) is 11.3 Å². The minimum atomic E-state index is 0.374. The second-order valence-corrected chi connectivity index (χ2v) is 7.68. The summed E-state index contributed by atoms with van der Waals surface area (Å²) in [6, 6.07) is 0.588. The molecule has 3 nitrogen and oxygen atoms in total. The molecule has 1 N–H and O–H groups in total. The lowest BCUT2D eigenvalue weighted by Gasteiger charge is -2.38. The van der Waals surface area contributed by atoms with Crippen LogP contribution in [0.15, 0.2) is 0 Å². The molecule has 1 saturated heterocycles. The highest BCUT2D eigenvalue weighted by Crippen LogP contribution is 2.22. The van der Waals surface area contributed by atoms with Gasteiger partial charge in [-0.25, -0.2) is 0 Å². The summed E-state index contributed by atoms with van der Waals surface area (Å²) in [5.74, 6) is 0.906.